The monoisotopic (exact) mass is 217 g/mol. The molecule has 0 spiro atoms. The van der Waals surface area contributed by atoms with Crippen LogP contribution in [0.15, 0.2) is 36.7 Å². The number of rotatable bonds is 4. The average Bonchev–Trinajstić information content (AvgIpc) is 2.80. The lowest BCUT2D eigenvalue weighted by molar-refractivity contribution is -0.306. The molecule has 0 aliphatic carbocycles. The quantitative estimate of drug-likeness (QED) is 0.683. The van der Waals surface area contributed by atoms with Crippen LogP contribution in [0.2, 0.25) is 0 Å². The van der Waals surface area contributed by atoms with Gasteiger partial charge in [-0.15, -0.1) is 5.10 Å². The van der Waals surface area contributed by atoms with Crippen molar-refractivity contribution < 1.29 is 9.90 Å². The molecular formula is C10H9N4O2-. The third-order valence-corrected chi connectivity index (χ3v) is 2.23. The van der Waals surface area contributed by atoms with E-state index < -0.39 is 12.0 Å². The minimum Gasteiger partial charge on any atom is -0.550 e. The first-order valence-corrected chi connectivity index (χ1v) is 4.74. The number of nitrogens with zero attached hydrogens (tertiary/aromatic N) is 4. The van der Waals surface area contributed by atoms with Gasteiger partial charge in [0.05, 0.1) is 6.04 Å². The molecule has 1 heterocycles. The van der Waals surface area contributed by atoms with E-state index >= 15 is 0 Å². The molecule has 82 valence electrons. The van der Waals surface area contributed by atoms with Gasteiger partial charge in [0.2, 0.25) is 0 Å². The van der Waals surface area contributed by atoms with Crippen LogP contribution in [-0.4, -0.2) is 26.2 Å². The molecule has 0 radical (unpaired) electrons. The van der Waals surface area contributed by atoms with Crippen molar-refractivity contribution in [1.82, 2.24) is 20.2 Å². The third-order valence-electron chi connectivity index (χ3n) is 2.23. The van der Waals surface area contributed by atoms with Gasteiger partial charge in [-0.05, 0) is 16.0 Å². The first kappa shape index (κ1) is 10.3. The molecule has 0 aliphatic heterocycles. The number of carboxylic acids is 1. The zero-order chi connectivity index (χ0) is 11.4. The van der Waals surface area contributed by atoms with E-state index in [9.17, 15) is 9.90 Å². The molecule has 2 aromatic rings. The molecular weight excluding hydrogens is 208 g/mol. The molecule has 0 amide bonds. The van der Waals surface area contributed by atoms with Gasteiger partial charge in [0.15, 0.2) is 0 Å². The van der Waals surface area contributed by atoms with E-state index in [-0.39, 0.29) is 6.42 Å². The van der Waals surface area contributed by atoms with Crippen molar-refractivity contribution in [3.63, 3.8) is 0 Å². The number of aromatic nitrogens is 4. The Morgan fingerprint density at radius 2 is 2.12 bits per heavy atom. The van der Waals surface area contributed by atoms with Gasteiger partial charge in [-0.2, -0.15) is 0 Å². The Kier molecular flexibility index (Phi) is 2.90. The molecule has 0 unspecified atom stereocenters. The van der Waals surface area contributed by atoms with Crippen molar-refractivity contribution in [3.05, 3.63) is 42.2 Å². The molecule has 0 saturated carbocycles. The van der Waals surface area contributed by atoms with Crippen molar-refractivity contribution >= 4 is 5.97 Å². The second-order valence-electron chi connectivity index (χ2n) is 3.29. The fourth-order valence-corrected chi connectivity index (χ4v) is 1.51. The van der Waals surface area contributed by atoms with Crippen LogP contribution in [0, 0.1) is 0 Å². The van der Waals surface area contributed by atoms with Crippen LogP contribution in [-0.2, 0) is 4.79 Å². The van der Waals surface area contributed by atoms with Crippen molar-refractivity contribution in [3.8, 4) is 0 Å². The summed E-state index contributed by atoms with van der Waals surface area (Å²) < 4.78 is 1.41. The summed E-state index contributed by atoms with van der Waals surface area (Å²) in [6, 6.07) is 8.76. The lowest BCUT2D eigenvalue weighted by atomic mass is 10.0. The van der Waals surface area contributed by atoms with E-state index in [0.717, 1.165) is 5.56 Å². The van der Waals surface area contributed by atoms with Gasteiger partial charge in [0.25, 0.3) is 0 Å². The molecule has 2 rings (SSSR count). The molecule has 6 heteroatoms. The number of aliphatic carboxylic acids is 1. The fourth-order valence-electron chi connectivity index (χ4n) is 1.51. The number of benzene rings is 1. The summed E-state index contributed by atoms with van der Waals surface area (Å²) in [7, 11) is 0. The molecule has 1 aromatic heterocycles. The Bertz CT molecular complexity index is 455. The number of carbonyl (C=O) groups is 1. The summed E-state index contributed by atoms with van der Waals surface area (Å²) in [6.45, 7) is 0. The van der Waals surface area contributed by atoms with Gasteiger partial charge in [0.1, 0.15) is 6.33 Å². The van der Waals surface area contributed by atoms with Crippen LogP contribution in [0.4, 0.5) is 0 Å². The highest BCUT2D eigenvalue weighted by Crippen LogP contribution is 2.19. The standard InChI is InChI=1S/C10H10N4O2/c15-10(16)6-9(14-7-11-12-13-14)8-4-2-1-3-5-8/h1-5,7,9H,6H2,(H,15,16)/p-1/t9-/m1/s1. The van der Waals surface area contributed by atoms with Crippen molar-refractivity contribution in [1.29, 1.82) is 0 Å². The molecule has 16 heavy (non-hydrogen) atoms. The summed E-state index contributed by atoms with van der Waals surface area (Å²) in [4.78, 5) is 10.7. The molecule has 0 bridgehead atoms. The van der Waals surface area contributed by atoms with Crippen LogP contribution in [0.5, 0.6) is 0 Å². The zero-order valence-electron chi connectivity index (χ0n) is 8.35. The number of hydrogen-bond acceptors (Lipinski definition) is 5. The van der Waals surface area contributed by atoms with E-state index in [1.54, 1.807) is 0 Å². The van der Waals surface area contributed by atoms with Gasteiger partial charge >= 0.3 is 0 Å². The molecule has 0 aliphatic rings. The maximum Gasteiger partial charge on any atom is 0.138 e. The Morgan fingerprint density at radius 1 is 1.38 bits per heavy atom. The van der Waals surface area contributed by atoms with Crippen molar-refractivity contribution in [2.75, 3.05) is 0 Å². The molecule has 1 atom stereocenters. The van der Waals surface area contributed by atoms with E-state index in [4.69, 9.17) is 0 Å². The van der Waals surface area contributed by atoms with Gasteiger partial charge in [-0.25, -0.2) is 4.68 Å². The maximum atomic E-state index is 10.7. The Balaban J connectivity index is 2.32. The summed E-state index contributed by atoms with van der Waals surface area (Å²) in [5, 5.41) is 21.4. The van der Waals surface area contributed by atoms with Gasteiger partial charge in [0, 0.05) is 12.4 Å². The van der Waals surface area contributed by atoms with Crippen molar-refractivity contribution in [2.45, 2.75) is 12.5 Å². The van der Waals surface area contributed by atoms with Crippen LogP contribution < -0.4 is 5.11 Å². The average molecular weight is 217 g/mol. The predicted octanol–water partition coefficient (Wildman–Crippen LogP) is -0.598. The predicted molar refractivity (Wildman–Crippen MR) is 52.0 cm³/mol. The number of tetrazole rings is 1. The minimum absolute atomic E-state index is 0.158. The van der Waals surface area contributed by atoms with Crippen LogP contribution in [0.3, 0.4) is 0 Å². The lowest BCUT2D eigenvalue weighted by Gasteiger charge is -2.16. The van der Waals surface area contributed by atoms with Gasteiger partial charge in [-0.3, -0.25) is 0 Å². The summed E-state index contributed by atoms with van der Waals surface area (Å²) in [5.74, 6) is -1.13. The topological polar surface area (TPSA) is 83.7 Å². The largest absolute Gasteiger partial charge is 0.550 e. The normalized spacial score (nSPS) is 12.2. The first-order chi connectivity index (χ1) is 7.77. The first-order valence-electron chi connectivity index (χ1n) is 4.74. The molecule has 0 N–H and O–H groups in total. The SMILES string of the molecule is O=C([O-])C[C@H](c1ccccc1)n1cnnn1. The maximum absolute atomic E-state index is 10.7. The van der Waals surface area contributed by atoms with Crippen molar-refractivity contribution in [2.24, 2.45) is 0 Å². The highest BCUT2D eigenvalue weighted by Gasteiger charge is 2.14. The third kappa shape index (κ3) is 2.22. The Labute approximate surface area is 91.5 Å². The summed E-state index contributed by atoms with van der Waals surface area (Å²) in [6.07, 6.45) is 1.23. The van der Waals surface area contributed by atoms with Crippen LogP contribution in [0.25, 0.3) is 0 Å². The fraction of sp³-hybridized carbons (Fsp3) is 0.200. The lowest BCUT2D eigenvalue weighted by Crippen LogP contribution is -2.27. The second-order valence-corrected chi connectivity index (χ2v) is 3.29. The number of carbonyl (C=O) groups excluding carboxylic acids is 1. The zero-order valence-corrected chi connectivity index (χ0v) is 8.35. The second kappa shape index (κ2) is 4.52. The number of carboxylic acid groups (broad SMARTS) is 1. The van der Waals surface area contributed by atoms with Gasteiger partial charge < -0.3 is 9.90 Å². The molecule has 6 nitrogen and oxygen atoms in total. The highest BCUT2D eigenvalue weighted by atomic mass is 16.4. The van der Waals surface area contributed by atoms with Crippen LogP contribution >= 0.6 is 0 Å². The smallest absolute Gasteiger partial charge is 0.138 e. The summed E-state index contributed by atoms with van der Waals surface area (Å²) >= 11 is 0. The van der Waals surface area contributed by atoms with E-state index in [2.05, 4.69) is 15.5 Å². The van der Waals surface area contributed by atoms with E-state index in [1.165, 1.54) is 11.0 Å². The van der Waals surface area contributed by atoms with Crippen LogP contribution in [0.1, 0.15) is 18.0 Å². The Hall–Kier alpha value is -2.24. The van der Waals surface area contributed by atoms with E-state index in [1.807, 2.05) is 30.3 Å². The molecule has 0 fully saturated rings. The van der Waals surface area contributed by atoms with E-state index in [0.29, 0.717) is 0 Å². The molecule has 1 aromatic carbocycles. The Morgan fingerprint density at radius 3 is 2.69 bits per heavy atom. The number of hydrogen-bond donors (Lipinski definition) is 0. The molecule has 0 saturated heterocycles. The summed E-state index contributed by atoms with van der Waals surface area (Å²) in [5.41, 5.74) is 0.832. The highest BCUT2D eigenvalue weighted by molar-refractivity contribution is 5.65. The minimum atomic E-state index is -1.13. The van der Waals surface area contributed by atoms with Gasteiger partial charge in [-0.1, -0.05) is 30.3 Å².